The smallest absolute Gasteiger partial charge is 0.244 e. The maximum absolute atomic E-state index is 12.0. The third-order valence-corrected chi connectivity index (χ3v) is 3.62. The molecule has 0 saturated heterocycles. The van der Waals surface area contributed by atoms with Gasteiger partial charge in [-0.2, -0.15) is 5.10 Å². The van der Waals surface area contributed by atoms with Crippen LogP contribution in [0.25, 0.3) is 0 Å². The molecule has 1 aliphatic rings. The number of ether oxygens (including phenoxy) is 4. The van der Waals surface area contributed by atoms with Crippen LogP contribution in [0, 0.1) is 0 Å². The minimum atomic E-state index is -0.232. The van der Waals surface area contributed by atoms with Gasteiger partial charge in [-0.05, 0) is 23.8 Å². The first kappa shape index (κ1) is 16.6. The second-order valence-corrected chi connectivity index (χ2v) is 5.27. The molecule has 0 saturated carbocycles. The number of hydrogen-bond donors (Lipinski definition) is 1. The van der Waals surface area contributed by atoms with Gasteiger partial charge in [-0.1, -0.05) is 12.1 Å². The molecule has 0 aliphatic carbocycles. The van der Waals surface area contributed by atoms with Gasteiger partial charge in [0.1, 0.15) is 11.5 Å². The lowest BCUT2D eigenvalue weighted by atomic mass is 10.1. The Kier molecular flexibility index (Phi) is 5.03. The topological polar surface area (TPSA) is 78.4 Å². The van der Waals surface area contributed by atoms with Crippen LogP contribution in [0.1, 0.15) is 11.1 Å². The number of benzene rings is 2. The molecule has 0 spiro atoms. The number of methoxy groups -OCH3 is 2. The summed E-state index contributed by atoms with van der Waals surface area (Å²) >= 11 is 0. The molecule has 2 aromatic carbocycles. The van der Waals surface area contributed by atoms with Crippen LogP contribution in [0.15, 0.2) is 41.5 Å². The lowest BCUT2D eigenvalue weighted by Crippen LogP contribution is -2.19. The minimum Gasteiger partial charge on any atom is -0.497 e. The standard InChI is InChI=1S/C18H18N2O5/c1-22-14-5-3-4-12(6-14)7-18(21)20-19-10-13-8-16-17(25-11-24-16)9-15(13)23-2/h3-6,8-10H,7,11H2,1-2H3,(H,20,21)/b19-10-. The Hall–Kier alpha value is -3.22. The van der Waals surface area contributed by atoms with Gasteiger partial charge >= 0.3 is 0 Å². The normalized spacial score (nSPS) is 12.2. The predicted molar refractivity (Wildman–Crippen MR) is 91.6 cm³/mol. The zero-order chi connectivity index (χ0) is 17.6. The van der Waals surface area contributed by atoms with Crippen molar-refractivity contribution in [2.75, 3.05) is 21.0 Å². The van der Waals surface area contributed by atoms with Gasteiger partial charge in [-0.25, -0.2) is 5.43 Å². The highest BCUT2D eigenvalue weighted by Crippen LogP contribution is 2.37. The van der Waals surface area contributed by atoms with Gasteiger partial charge in [-0.3, -0.25) is 4.79 Å². The molecule has 1 heterocycles. The molecule has 0 atom stereocenters. The first-order valence-electron chi connectivity index (χ1n) is 7.62. The molecule has 2 aromatic rings. The maximum atomic E-state index is 12.0. The van der Waals surface area contributed by atoms with E-state index in [1.54, 1.807) is 26.4 Å². The van der Waals surface area contributed by atoms with Crippen molar-refractivity contribution in [2.45, 2.75) is 6.42 Å². The van der Waals surface area contributed by atoms with E-state index in [4.69, 9.17) is 18.9 Å². The molecule has 0 aromatic heterocycles. The summed E-state index contributed by atoms with van der Waals surface area (Å²) in [6.45, 7) is 0.177. The maximum Gasteiger partial charge on any atom is 0.244 e. The summed E-state index contributed by atoms with van der Waals surface area (Å²) < 4.78 is 21.1. The van der Waals surface area contributed by atoms with Crippen LogP contribution in [0.2, 0.25) is 0 Å². The molecule has 1 N–H and O–H groups in total. The molecule has 0 radical (unpaired) electrons. The monoisotopic (exact) mass is 342 g/mol. The highest BCUT2D eigenvalue weighted by atomic mass is 16.7. The Morgan fingerprint density at radius 1 is 1.20 bits per heavy atom. The van der Waals surface area contributed by atoms with Crippen molar-refractivity contribution in [3.8, 4) is 23.0 Å². The summed E-state index contributed by atoms with van der Waals surface area (Å²) in [7, 11) is 3.14. The third kappa shape index (κ3) is 4.00. The lowest BCUT2D eigenvalue weighted by Gasteiger charge is -2.06. The zero-order valence-corrected chi connectivity index (χ0v) is 13.9. The summed E-state index contributed by atoms with van der Waals surface area (Å²) in [5, 5.41) is 3.98. The Bertz CT molecular complexity index is 804. The van der Waals surface area contributed by atoms with Crippen molar-refractivity contribution < 1.29 is 23.7 Å². The third-order valence-electron chi connectivity index (χ3n) is 3.62. The van der Waals surface area contributed by atoms with Crippen molar-refractivity contribution in [3.05, 3.63) is 47.5 Å². The van der Waals surface area contributed by atoms with Crippen molar-refractivity contribution in [3.63, 3.8) is 0 Å². The zero-order valence-electron chi connectivity index (χ0n) is 13.9. The Labute approximate surface area is 145 Å². The summed E-state index contributed by atoms with van der Waals surface area (Å²) in [5.74, 6) is 2.29. The average Bonchev–Trinajstić information content (AvgIpc) is 3.08. The summed E-state index contributed by atoms with van der Waals surface area (Å²) in [6, 6.07) is 10.8. The molecular formula is C18H18N2O5. The molecule has 0 unspecified atom stereocenters. The molecule has 3 rings (SSSR count). The number of carbonyl (C=O) groups excluding carboxylic acids is 1. The van der Waals surface area contributed by atoms with Crippen LogP contribution < -0.4 is 24.4 Å². The fraction of sp³-hybridized carbons (Fsp3) is 0.222. The highest BCUT2D eigenvalue weighted by molar-refractivity contribution is 5.87. The van der Waals surface area contributed by atoms with Gasteiger partial charge in [0, 0.05) is 11.6 Å². The molecular weight excluding hydrogens is 324 g/mol. The Balaban J connectivity index is 1.63. The van der Waals surface area contributed by atoms with Crippen LogP contribution in [0.4, 0.5) is 0 Å². The SMILES string of the molecule is COc1cccc(CC(=O)N/N=C\c2cc3c(cc2OC)OCO3)c1. The van der Waals surface area contributed by atoms with E-state index in [9.17, 15) is 4.79 Å². The molecule has 7 nitrogen and oxygen atoms in total. The fourth-order valence-electron chi connectivity index (χ4n) is 2.40. The van der Waals surface area contributed by atoms with E-state index in [1.165, 1.54) is 6.21 Å². The van der Waals surface area contributed by atoms with Gasteiger partial charge in [0.15, 0.2) is 11.5 Å². The van der Waals surface area contributed by atoms with E-state index in [0.717, 1.165) is 5.56 Å². The van der Waals surface area contributed by atoms with E-state index >= 15 is 0 Å². The summed E-state index contributed by atoms with van der Waals surface area (Å²) in [5.41, 5.74) is 4.01. The molecule has 25 heavy (non-hydrogen) atoms. The molecule has 130 valence electrons. The van der Waals surface area contributed by atoms with Crippen molar-refractivity contribution in [1.29, 1.82) is 0 Å². The van der Waals surface area contributed by atoms with E-state index in [1.807, 2.05) is 24.3 Å². The molecule has 0 fully saturated rings. The molecule has 7 heteroatoms. The van der Waals surface area contributed by atoms with Crippen LogP contribution in [-0.4, -0.2) is 33.1 Å². The van der Waals surface area contributed by atoms with Gasteiger partial charge in [0.25, 0.3) is 0 Å². The summed E-state index contributed by atoms with van der Waals surface area (Å²) in [6.07, 6.45) is 1.71. The van der Waals surface area contributed by atoms with Crippen molar-refractivity contribution >= 4 is 12.1 Å². The van der Waals surface area contributed by atoms with E-state index in [2.05, 4.69) is 10.5 Å². The van der Waals surface area contributed by atoms with Gasteiger partial charge in [0.2, 0.25) is 12.7 Å². The van der Waals surface area contributed by atoms with E-state index in [-0.39, 0.29) is 19.1 Å². The van der Waals surface area contributed by atoms with Crippen LogP contribution in [-0.2, 0) is 11.2 Å². The number of hydrazone groups is 1. The van der Waals surface area contributed by atoms with E-state index in [0.29, 0.717) is 28.6 Å². The number of amides is 1. The number of nitrogens with zero attached hydrogens (tertiary/aromatic N) is 1. The largest absolute Gasteiger partial charge is 0.497 e. The molecule has 1 aliphatic heterocycles. The quantitative estimate of drug-likeness (QED) is 0.643. The predicted octanol–water partition coefficient (Wildman–Crippen LogP) is 2.13. The number of fused-ring (bicyclic) bond motifs is 1. The second-order valence-electron chi connectivity index (χ2n) is 5.27. The fourth-order valence-corrected chi connectivity index (χ4v) is 2.40. The summed E-state index contributed by atoms with van der Waals surface area (Å²) in [4.78, 5) is 12.0. The van der Waals surface area contributed by atoms with E-state index < -0.39 is 0 Å². The molecule has 1 amide bonds. The van der Waals surface area contributed by atoms with Gasteiger partial charge < -0.3 is 18.9 Å². The Morgan fingerprint density at radius 2 is 2.00 bits per heavy atom. The van der Waals surface area contributed by atoms with Crippen molar-refractivity contribution in [2.24, 2.45) is 5.10 Å². The Morgan fingerprint density at radius 3 is 2.76 bits per heavy atom. The number of rotatable bonds is 6. The van der Waals surface area contributed by atoms with Crippen LogP contribution >= 0.6 is 0 Å². The van der Waals surface area contributed by atoms with Crippen molar-refractivity contribution in [1.82, 2.24) is 5.43 Å². The second kappa shape index (κ2) is 7.57. The van der Waals surface area contributed by atoms with Gasteiger partial charge in [-0.15, -0.1) is 0 Å². The first-order chi connectivity index (χ1) is 12.2. The number of hydrogen-bond acceptors (Lipinski definition) is 6. The highest BCUT2D eigenvalue weighted by Gasteiger charge is 2.17. The first-order valence-corrected chi connectivity index (χ1v) is 7.62. The minimum absolute atomic E-state index is 0.177. The van der Waals surface area contributed by atoms with Crippen LogP contribution in [0.5, 0.6) is 23.0 Å². The number of nitrogens with one attached hydrogen (secondary N) is 1. The number of carbonyl (C=O) groups is 1. The molecule has 0 bridgehead atoms. The van der Waals surface area contributed by atoms with Gasteiger partial charge in [0.05, 0.1) is 26.9 Å². The lowest BCUT2D eigenvalue weighted by molar-refractivity contribution is -0.120. The average molecular weight is 342 g/mol. The van der Waals surface area contributed by atoms with Crippen LogP contribution in [0.3, 0.4) is 0 Å².